The topological polar surface area (TPSA) is 67.9 Å². The zero-order valence-corrected chi connectivity index (χ0v) is 18.6. The molecule has 2 heterocycles. The van der Waals surface area contributed by atoms with Crippen molar-refractivity contribution in [1.82, 2.24) is 5.32 Å². The van der Waals surface area contributed by atoms with Crippen molar-refractivity contribution in [3.8, 4) is 0 Å². The van der Waals surface area contributed by atoms with E-state index in [2.05, 4.69) is 26.1 Å². The van der Waals surface area contributed by atoms with Crippen LogP contribution in [0.2, 0.25) is 0 Å². The highest BCUT2D eigenvalue weighted by atomic mass is 16.6. The first-order valence-electron chi connectivity index (χ1n) is 12.2. The number of ether oxygens (including phenoxy) is 2. The van der Waals surface area contributed by atoms with Crippen LogP contribution in [0.4, 0.5) is 0 Å². The Labute approximate surface area is 179 Å². The Kier molecular flexibility index (Phi) is 3.88. The van der Waals surface area contributed by atoms with Gasteiger partial charge in [-0.15, -0.1) is 0 Å². The minimum Gasteiger partial charge on any atom is -0.458 e. The summed E-state index contributed by atoms with van der Waals surface area (Å²) < 4.78 is 12.9. The van der Waals surface area contributed by atoms with Gasteiger partial charge >= 0.3 is 5.97 Å². The van der Waals surface area contributed by atoms with E-state index < -0.39 is 0 Å². The predicted octanol–water partition coefficient (Wildman–Crippen LogP) is 3.70. The van der Waals surface area contributed by atoms with Crippen LogP contribution in [0.5, 0.6) is 0 Å². The van der Waals surface area contributed by atoms with Crippen LogP contribution in [-0.4, -0.2) is 41.6 Å². The first-order valence-corrected chi connectivity index (χ1v) is 12.2. The van der Waals surface area contributed by atoms with Gasteiger partial charge in [-0.05, 0) is 63.5 Å². The highest BCUT2D eigenvalue weighted by molar-refractivity contribution is 5.92. The first kappa shape index (κ1) is 19.5. The molecule has 5 heteroatoms. The molecule has 0 amide bonds. The van der Waals surface area contributed by atoms with Crippen LogP contribution in [0.15, 0.2) is 11.6 Å². The lowest BCUT2D eigenvalue weighted by Gasteiger charge is -2.59. The lowest BCUT2D eigenvalue weighted by Crippen LogP contribution is -2.65. The lowest BCUT2D eigenvalue weighted by atomic mass is 9.45. The molecular weight excluding hydrogens is 378 g/mol. The normalized spacial score (nSPS) is 53.5. The summed E-state index contributed by atoms with van der Waals surface area (Å²) in [7, 11) is 0. The van der Waals surface area contributed by atoms with E-state index in [0.29, 0.717) is 30.7 Å². The molecule has 2 aliphatic heterocycles. The van der Waals surface area contributed by atoms with Crippen LogP contribution in [0.25, 0.3) is 0 Å². The van der Waals surface area contributed by atoms with Gasteiger partial charge in [-0.25, -0.2) is 0 Å². The van der Waals surface area contributed by atoms with E-state index in [1.807, 2.05) is 6.08 Å². The van der Waals surface area contributed by atoms with Gasteiger partial charge in [-0.3, -0.25) is 9.59 Å². The molecule has 3 unspecified atom stereocenters. The number of carbonyl (C=O) groups excluding carboxylic acids is 2. The van der Waals surface area contributed by atoms with Gasteiger partial charge in [0.25, 0.3) is 0 Å². The van der Waals surface area contributed by atoms with Crippen LogP contribution in [-0.2, 0) is 19.1 Å². The van der Waals surface area contributed by atoms with Gasteiger partial charge in [0.1, 0.15) is 11.2 Å². The molecule has 0 aromatic rings. The molecule has 0 aromatic heterocycles. The third-order valence-electron chi connectivity index (χ3n) is 10.4. The number of hydrogen-bond acceptors (Lipinski definition) is 5. The Balaban J connectivity index is 1.45. The van der Waals surface area contributed by atoms with E-state index in [9.17, 15) is 9.59 Å². The second-order valence-corrected chi connectivity index (χ2v) is 11.4. The van der Waals surface area contributed by atoms with E-state index in [-0.39, 0.29) is 39.9 Å². The minimum absolute atomic E-state index is 0.0112. The van der Waals surface area contributed by atoms with Crippen LogP contribution in [0.1, 0.15) is 78.6 Å². The summed E-state index contributed by atoms with van der Waals surface area (Å²) in [6.45, 7) is 7.97. The first-order chi connectivity index (χ1) is 14.3. The maximum Gasteiger partial charge on any atom is 0.306 e. The molecule has 5 fully saturated rings. The van der Waals surface area contributed by atoms with Crippen molar-refractivity contribution in [3.05, 3.63) is 11.6 Å². The maximum absolute atomic E-state index is 12.3. The average Bonchev–Trinajstić information content (AvgIpc) is 3.19. The Bertz CT molecular complexity index is 852. The zero-order chi connectivity index (χ0) is 20.9. The monoisotopic (exact) mass is 413 g/mol. The van der Waals surface area contributed by atoms with E-state index in [0.717, 1.165) is 51.5 Å². The fraction of sp³-hybridized carbons (Fsp3) is 0.840. The SMILES string of the molecule is CCCNC1CC2=CC(=O)CC[C@]2(C)[C@@]23O[C@@H]2C[C@@]2(C)C(CC[C@@]24CCC(=O)O4)C13. The van der Waals surface area contributed by atoms with E-state index in [1.54, 1.807) is 0 Å². The Morgan fingerprint density at radius 1 is 1.17 bits per heavy atom. The molecule has 0 bridgehead atoms. The largest absolute Gasteiger partial charge is 0.458 e. The van der Waals surface area contributed by atoms with Crippen LogP contribution in [0, 0.1) is 22.7 Å². The van der Waals surface area contributed by atoms with Crippen molar-refractivity contribution in [3.63, 3.8) is 0 Å². The summed E-state index contributed by atoms with van der Waals surface area (Å²) in [5, 5.41) is 3.87. The number of ketones is 1. The molecule has 0 radical (unpaired) electrons. The summed E-state index contributed by atoms with van der Waals surface area (Å²) in [6, 6.07) is 0.331. The second kappa shape index (κ2) is 5.98. The standard InChI is InChI=1S/C25H35NO4/c1-4-11-26-18-13-15-12-16(27)5-8-22(15,2)25-19(29-25)14-23(3)17(21(18)25)6-9-24(23)10-7-20(28)30-24/h12,17-19,21,26H,4-11,13-14H2,1-3H3/t17?,18?,19-,21?,22+,23+,24-,25-/m1/s1. The van der Waals surface area contributed by atoms with Gasteiger partial charge in [-0.2, -0.15) is 0 Å². The van der Waals surface area contributed by atoms with Crippen molar-refractivity contribution in [2.24, 2.45) is 22.7 Å². The van der Waals surface area contributed by atoms with Crippen molar-refractivity contribution in [2.75, 3.05) is 6.54 Å². The number of carbonyl (C=O) groups is 2. The predicted molar refractivity (Wildman–Crippen MR) is 112 cm³/mol. The number of hydrogen-bond donors (Lipinski definition) is 1. The van der Waals surface area contributed by atoms with Crippen molar-refractivity contribution in [1.29, 1.82) is 0 Å². The highest BCUT2D eigenvalue weighted by Crippen LogP contribution is 2.77. The third-order valence-corrected chi connectivity index (χ3v) is 10.4. The lowest BCUT2D eigenvalue weighted by molar-refractivity contribution is -0.165. The van der Waals surface area contributed by atoms with Crippen molar-refractivity contribution < 1.29 is 19.1 Å². The molecule has 30 heavy (non-hydrogen) atoms. The average molecular weight is 414 g/mol. The summed E-state index contributed by atoms with van der Waals surface area (Å²) >= 11 is 0. The van der Waals surface area contributed by atoms with Gasteiger partial charge in [0.2, 0.25) is 0 Å². The van der Waals surface area contributed by atoms with E-state index in [1.165, 1.54) is 5.57 Å². The Morgan fingerprint density at radius 2 is 2.00 bits per heavy atom. The van der Waals surface area contributed by atoms with Gasteiger partial charge in [0.15, 0.2) is 5.78 Å². The molecule has 3 saturated carbocycles. The maximum atomic E-state index is 12.3. The molecule has 2 spiro atoms. The van der Waals surface area contributed by atoms with Gasteiger partial charge in [0, 0.05) is 35.6 Å². The summed E-state index contributed by atoms with van der Waals surface area (Å²) in [5.74, 6) is 1.18. The Hall–Kier alpha value is -1.20. The van der Waals surface area contributed by atoms with E-state index in [4.69, 9.17) is 9.47 Å². The summed E-state index contributed by atoms with van der Waals surface area (Å²) in [4.78, 5) is 24.5. The number of esters is 1. The van der Waals surface area contributed by atoms with Gasteiger partial charge in [0.05, 0.1) is 6.10 Å². The molecule has 5 nitrogen and oxygen atoms in total. The number of nitrogens with one attached hydrogen (secondary N) is 1. The number of fused-ring (bicyclic) bond motifs is 4. The summed E-state index contributed by atoms with van der Waals surface area (Å²) in [5.41, 5.74) is 0.824. The number of epoxide rings is 1. The molecule has 4 aliphatic carbocycles. The highest BCUT2D eigenvalue weighted by Gasteiger charge is 2.82. The van der Waals surface area contributed by atoms with Crippen molar-refractivity contribution >= 4 is 11.8 Å². The van der Waals surface area contributed by atoms with Gasteiger partial charge < -0.3 is 14.8 Å². The molecule has 1 N–H and O–H groups in total. The molecule has 0 aromatic carbocycles. The smallest absolute Gasteiger partial charge is 0.306 e. The van der Waals surface area contributed by atoms with Crippen LogP contribution < -0.4 is 5.32 Å². The van der Waals surface area contributed by atoms with Gasteiger partial charge in [-0.1, -0.05) is 26.3 Å². The van der Waals surface area contributed by atoms with Crippen molar-refractivity contribution in [2.45, 2.75) is 102 Å². The second-order valence-electron chi connectivity index (χ2n) is 11.4. The summed E-state index contributed by atoms with van der Waals surface area (Å²) in [6.07, 6.45) is 10.3. The van der Waals surface area contributed by atoms with Crippen LogP contribution in [0.3, 0.4) is 0 Å². The number of rotatable bonds is 3. The zero-order valence-electron chi connectivity index (χ0n) is 18.6. The Morgan fingerprint density at radius 3 is 2.73 bits per heavy atom. The molecule has 2 saturated heterocycles. The molecule has 6 rings (SSSR count). The van der Waals surface area contributed by atoms with E-state index >= 15 is 0 Å². The van der Waals surface area contributed by atoms with Crippen LogP contribution >= 0.6 is 0 Å². The quantitative estimate of drug-likeness (QED) is 0.564. The third kappa shape index (κ3) is 2.12. The fourth-order valence-electron chi connectivity index (χ4n) is 8.83. The molecular formula is C25H35NO4. The minimum atomic E-state index is -0.290. The fourth-order valence-corrected chi connectivity index (χ4v) is 8.83. The molecule has 164 valence electrons. The molecule has 6 aliphatic rings. The molecule has 8 atom stereocenters.